The van der Waals surface area contributed by atoms with Gasteiger partial charge in [-0.05, 0) is 62.0 Å². The van der Waals surface area contributed by atoms with E-state index in [1.807, 2.05) is 22.8 Å². The minimum Gasteiger partial charge on any atom is -0.394 e. The van der Waals surface area contributed by atoms with Crippen LogP contribution in [-0.4, -0.2) is 63.1 Å². The summed E-state index contributed by atoms with van der Waals surface area (Å²) in [5.41, 5.74) is 0.762. The molecule has 7 heteroatoms. The van der Waals surface area contributed by atoms with Crippen molar-refractivity contribution < 1.29 is 14.7 Å². The van der Waals surface area contributed by atoms with Crippen LogP contribution in [0.15, 0.2) is 17.1 Å². The van der Waals surface area contributed by atoms with Crippen LogP contribution in [0.1, 0.15) is 61.9 Å². The standard InChI is InChI=1S/C24H35N3O4/c1-15(2)7-9-25-10-8-16(3)22(23(25)30)24(31)26-12-17-11-18(13-26)20(14-28)27-19(17)5-4-6-21(27)29/h8,10,15,17-20,28H,4-7,9,11-14H2,1-3H3/t17-,18+,19+,20+/m1/s1. The normalized spacial score (nSPS) is 28.1. The number of aromatic nitrogens is 1. The second-order valence-corrected chi connectivity index (χ2v) is 10.0. The molecule has 2 amide bonds. The van der Waals surface area contributed by atoms with Gasteiger partial charge in [-0.15, -0.1) is 0 Å². The molecule has 170 valence electrons. The molecule has 0 aromatic carbocycles. The molecule has 3 fully saturated rings. The van der Waals surface area contributed by atoms with Crippen LogP contribution in [-0.2, 0) is 11.3 Å². The maximum atomic E-state index is 13.6. The third kappa shape index (κ3) is 4.04. The first kappa shape index (κ1) is 22.1. The van der Waals surface area contributed by atoms with E-state index in [2.05, 4.69) is 13.8 Å². The summed E-state index contributed by atoms with van der Waals surface area (Å²) in [6.45, 7) is 7.65. The van der Waals surface area contributed by atoms with Crippen molar-refractivity contribution in [3.63, 3.8) is 0 Å². The second kappa shape index (κ2) is 8.77. The molecule has 4 rings (SSSR count). The zero-order valence-electron chi connectivity index (χ0n) is 18.9. The Morgan fingerprint density at radius 3 is 2.68 bits per heavy atom. The smallest absolute Gasteiger partial charge is 0.263 e. The number of aliphatic hydroxyl groups is 1. The maximum Gasteiger partial charge on any atom is 0.263 e. The highest BCUT2D eigenvalue weighted by Crippen LogP contribution is 2.41. The van der Waals surface area contributed by atoms with Crippen molar-refractivity contribution in [2.24, 2.45) is 17.8 Å². The topological polar surface area (TPSA) is 82.8 Å². The Hall–Kier alpha value is -2.15. The molecule has 0 aliphatic carbocycles. The molecule has 7 nitrogen and oxygen atoms in total. The minimum atomic E-state index is -0.232. The summed E-state index contributed by atoms with van der Waals surface area (Å²) in [6, 6.07) is 1.71. The van der Waals surface area contributed by atoms with Crippen LogP contribution < -0.4 is 5.56 Å². The Morgan fingerprint density at radius 2 is 1.97 bits per heavy atom. The van der Waals surface area contributed by atoms with Crippen molar-refractivity contribution in [1.29, 1.82) is 0 Å². The second-order valence-electron chi connectivity index (χ2n) is 10.0. The van der Waals surface area contributed by atoms with E-state index in [4.69, 9.17) is 0 Å². The van der Waals surface area contributed by atoms with Crippen LogP contribution in [0, 0.1) is 24.7 Å². The molecule has 31 heavy (non-hydrogen) atoms. The van der Waals surface area contributed by atoms with Gasteiger partial charge in [-0.1, -0.05) is 13.8 Å². The number of amides is 2. The number of nitrogens with zero attached hydrogens (tertiary/aromatic N) is 3. The molecule has 0 radical (unpaired) electrons. The Balaban J connectivity index is 1.60. The van der Waals surface area contributed by atoms with E-state index in [-0.39, 0.29) is 53.5 Å². The van der Waals surface area contributed by atoms with Crippen molar-refractivity contribution in [3.05, 3.63) is 33.7 Å². The monoisotopic (exact) mass is 429 g/mol. The minimum absolute atomic E-state index is 0.0539. The molecule has 0 saturated carbocycles. The average molecular weight is 430 g/mol. The summed E-state index contributed by atoms with van der Waals surface area (Å²) < 4.78 is 1.66. The van der Waals surface area contributed by atoms with Crippen molar-refractivity contribution in [2.45, 2.75) is 71.5 Å². The summed E-state index contributed by atoms with van der Waals surface area (Å²) in [5.74, 6) is 0.672. The SMILES string of the molecule is Cc1ccn(CCC(C)C)c(=O)c1C(=O)N1C[C@H]2C[C@@H](C1)[C@H](CO)N1C(=O)CCC[C@@H]21. The fraction of sp³-hybridized carbons (Fsp3) is 0.708. The summed E-state index contributed by atoms with van der Waals surface area (Å²) in [5, 5.41) is 10.1. The van der Waals surface area contributed by atoms with Crippen molar-refractivity contribution in [1.82, 2.24) is 14.4 Å². The number of hydrogen-bond acceptors (Lipinski definition) is 4. The van der Waals surface area contributed by atoms with Gasteiger partial charge in [0.25, 0.3) is 11.5 Å². The van der Waals surface area contributed by atoms with Gasteiger partial charge in [-0.25, -0.2) is 0 Å². The molecule has 3 saturated heterocycles. The van der Waals surface area contributed by atoms with E-state index in [1.54, 1.807) is 10.8 Å². The van der Waals surface area contributed by atoms with Gasteiger partial charge in [0.2, 0.25) is 5.91 Å². The lowest BCUT2D eigenvalue weighted by atomic mass is 9.72. The third-order valence-electron chi connectivity index (χ3n) is 7.51. The number of carbonyl (C=O) groups excluding carboxylic acids is 2. The summed E-state index contributed by atoms with van der Waals surface area (Å²) in [4.78, 5) is 43.0. The van der Waals surface area contributed by atoms with Crippen LogP contribution in [0.2, 0.25) is 0 Å². The van der Waals surface area contributed by atoms with Crippen LogP contribution in [0.4, 0.5) is 0 Å². The summed E-state index contributed by atoms with van der Waals surface area (Å²) in [7, 11) is 0. The number of piperidine rings is 3. The van der Waals surface area contributed by atoms with Crippen molar-refractivity contribution in [3.8, 4) is 0 Å². The lowest BCUT2D eigenvalue weighted by Gasteiger charge is -2.56. The van der Waals surface area contributed by atoms with Gasteiger partial charge in [0.1, 0.15) is 5.56 Å². The molecule has 1 aromatic rings. The number of fused-ring (bicyclic) bond motifs is 4. The summed E-state index contributed by atoms with van der Waals surface area (Å²) in [6.07, 6.45) is 5.94. The first-order valence-corrected chi connectivity index (χ1v) is 11.7. The molecular formula is C24H35N3O4. The quantitative estimate of drug-likeness (QED) is 0.777. The summed E-state index contributed by atoms with van der Waals surface area (Å²) >= 11 is 0. The number of carbonyl (C=O) groups is 2. The van der Waals surface area contributed by atoms with Gasteiger partial charge >= 0.3 is 0 Å². The Labute approximate surface area is 184 Å². The van der Waals surface area contributed by atoms with Gasteiger partial charge in [0.05, 0.1) is 12.6 Å². The van der Waals surface area contributed by atoms with E-state index in [9.17, 15) is 19.5 Å². The highest BCUT2D eigenvalue weighted by atomic mass is 16.3. The fourth-order valence-corrected chi connectivity index (χ4v) is 5.83. The van der Waals surface area contributed by atoms with Gasteiger partial charge in [0.15, 0.2) is 0 Å². The predicted molar refractivity (Wildman–Crippen MR) is 118 cm³/mol. The van der Waals surface area contributed by atoms with E-state index < -0.39 is 0 Å². The van der Waals surface area contributed by atoms with Gasteiger partial charge in [0, 0.05) is 38.3 Å². The number of pyridine rings is 1. The third-order valence-corrected chi connectivity index (χ3v) is 7.51. The fourth-order valence-electron chi connectivity index (χ4n) is 5.83. The molecule has 2 bridgehead atoms. The molecule has 3 aliphatic rings. The number of hydrogen-bond donors (Lipinski definition) is 1. The van der Waals surface area contributed by atoms with E-state index in [0.29, 0.717) is 37.5 Å². The van der Waals surface area contributed by atoms with Crippen LogP contribution in [0.5, 0.6) is 0 Å². The number of rotatable bonds is 5. The lowest BCUT2D eigenvalue weighted by Crippen LogP contribution is -2.66. The molecule has 1 N–H and O–H groups in total. The van der Waals surface area contributed by atoms with Gasteiger partial charge in [-0.2, -0.15) is 0 Å². The van der Waals surface area contributed by atoms with Crippen LogP contribution in [0.25, 0.3) is 0 Å². The zero-order chi connectivity index (χ0) is 22.3. The van der Waals surface area contributed by atoms with Gasteiger partial charge in [-0.3, -0.25) is 14.4 Å². The van der Waals surface area contributed by atoms with Gasteiger partial charge < -0.3 is 19.5 Å². The lowest BCUT2D eigenvalue weighted by molar-refractivity contribution is -0.154. The van der Waals surface area contributed by atoms with E-state index in [1.165, 1.54) is 0 Å². The zero-order valence-corrected chi connectivity index (χ0v) is 18.9. The number of aryl methyl sites for hydroxylation is 2. The molecule has 4 atom stereocenters. The van der Waals surface area contributed by atoms with Crippen molar-refractivity contribution >= 4 is 11.8 Å². The molecule has 0 unspecified atom stereocenters. The highest BCUT2D eigenvalue weighted by Gasteiger charge is 2.50. The highest BCUT2D eigenvalue weighted by molar-refractivity contribution is 5.95. The Kier molecular flexibility index (Phi) is 6.24. The van der Waals surface area contributed by atoms with E-state index >= 15 is 0 Å². The largest absolute Gasteiger partial charge is 0.394 e. The van der Waals surface area contributed by atoms with Crippen LogP contribution >= 0.6 is 0 Å². The molecular weight excluding hydrogens is 394 g/mol. The first-order chi connectivity index (χ1) is 14.8. The maximum absolute atomic E-state index is 13.6. The number of likely N-dealkylation sites (tertiary alicyclic amines) is 1. The Morgan fingerprint density at radius 1 is 1.23 bits per heavy atom. The molecule has 0 spiro atoms. The average Bonchev–Trinajstić information content (AvgIpc) is 2.74. The molecule has 4 heterocycles. The predicted octanol–water partition coefficient (Wildman–Crippen LogP) is 2.04. The van der Waals surface area contributed by atoms with Crippen LogP contribution in [0.3, 0.4) is 0 Å². The first-order valence-electron chi connectivity index (χ1n) is 11.7. The number of aliphatic hydroxyl groups excluding tert-OH is 1. The molecule has 3 aliphatic heterocycles. The molecule has 1 aromatic heterocycles. The van der Waals surface area contributed by atoms with E-state index in [0.717, 1.165) is 25.7 Å². The van der Waals surface area contributed by atoms with Crippen molar-refractivity contribution in [2.75, 3.05) is 19.7 Å². The Bertz CT molecular complexity index is 895.